The fourth-order valence-electron chi connectivity index (χ4n) is 1.76. The van der Waals surface area contributed by atoms with E-state index >= 15 is 0 Å². The number of methoxy groups -OCH3 is 1. The first-order valence-corrected chi connectivity index (χ1v) is 6.55. The van der Waals surface area contributed by atoms with Crippen molar-refractivity contribution in [1.29, 1.82) is 0 Å². The van der Waals surface area contributed by atoms with Crippen molar-refractivity contribution < 1.29 is 9.53 Å². The molecule has 2 rings (SSSR count). The SMILES string of the molecule is COc1ccc(CC(=O)NN=C(C)c2cccnc2)cc1. The normalized spacial score (nSPS) is 11.0. The summed E-state index contributed by atoms with van der Waals surface area (Å²) in [7, 11) is 1.61. The van der Waals surface area contributed by atoms with Crippen LogP contribution in [0.15, 0.2) is 53.9 Å². The molecule has 0 atom stereocenters. The Morgan fingerprint density at radius 1 is 1.29 bits per heavy atom. The van der Waals surface area contributed by atoms with Crippen molar-refractivity contribution in [3.05, 3.63) is 59.9 Å². The third-order valence-electron chi connectivity index (χ3n) is 2.95. The summed E-state index contributed by atoms with van der Waals surface area (Å²) in [4.78, 5) is 15.8. The molecule has 0 spiro atoms. The molecule has 0 saturated carbocycles. The van der Waals surface area contributed by atoms with Crippen LogP contribution >= 0.6 is 0 Å². The van der Waals surface area contributed by atoms with Crippen molar-refractivity contribution in [3.63, 3.8) is 0 Å². The van der Waals surface area contributed by atoms with Crippen molar-refractivity contribution in [2.75, 3.05) is 7.11 Å². The Balaban J connectivity index is 1.92. The minimum Gasteiger partial charge on any atom is -0.497 e. The Hall–Kier alpha value is -2.69. The standard InChI is InChI=1S/C16H17N3O2/c1-12(14-4-3-9-17-11-14)18-19-16(20)10-13-5-7-15(21-2)8-6-13/h3-9,11H,10H2,1-2H3,(H,19,20). The molecule has 108 valence electrons. The Morgan fingerprint density at radius 2 is 2.05 bits per heavy atom. The number of hydrogen-bond donors (Lipinski definition) is 1. The highest BCUT2D eigenvalue weighted by Crippen LogP contribution is 2.11. The fourth-order valence-corrected chi connectivity index (χ4v) is 1.76. The summed E-state index contributed by atoms with van der Waals surface area (Å²) in [5, 5.41) is 4.08. The number of amides is 1. The van der Waals surface area contributed by atoms with E-state index in [9.17, 15) is 4.79 Å². The number of aromatic nitrogens is 1. The van der Waals surface area contributed by atoms with Gasteiger partial charge >= 0.3 is 0 Å². The topological polar surface area (TPSA) is 63.6 Å². The van der Waals surface area contributed by atoms with Crippen molar-refractivity contribution in [2.24, 2.45) is 5.10 Å². The molecule has 0 fully saturated rings. The van der Waals surface area contributed by atoms with Crippen LogP contribution in [0, 0.1) is 0 Å². The van der Waals surface area contributed by atoms with E-state index in [0.29, 0.717) is 5.71 Å². The molecule has 21 heavy (non-hydrogen) atoms. The van der Waals surface area contributed by atoms with E-state index < -0.39 is 0 Å². The predicted molar refractivity (Wildman–Crippen MR) is 81.3 cm³/mol. The van der Waals surface area contributed by atoms with Crippen LogP contribution in [-0.2, 0) is 11.2 Å². The maximum absolute atomic E-state index is 11.8. The molecule has 2 aromatic rings. The number of rotatable bonds is 5. The van der Waals surface area contributed by atoms with Gasteiger partial charge in [-0.25, -0.2) is 5.43 Å². The molecule has 1 amide bonds. The summed E-state index contributed by atoms with van der Waals surface area (Å²) in [6.07, 6.45) is 3.67. The first-order chi connectivity index (χ1) is 10.2. The number of pyridine rings is 1. The highest BCUT2D eigenvalue weighted by molar-refractivity contribution is 5.98. The summed E-state index contributed by atoms with van der Waals surface area (Å²) in [6, 6.07) is 11.1. The van der Waals surface area contributed by atoms with Crippen molar-refractivity contribution in [2.45, 2.75) is 13.3 Å². The number of benzene rings is 1. The molecule has 5 heteroatoms. The van der Waals surface area contributed by atoms with Gasteiger partial charge in [0.05, 0.1) is 19.2 Å². The maximum atomic E-state index is 11.8. The molecule has 1 N–H and O–H groups in total. The molecule has 0 bridgehead atoms. The monoisotopic (exact) mass is 283 g/mol. The minimum absolute atomic E-state index is 0.164. The van der Waals surface area contributed by atoms with Gasteiger partial charge in [0, 0.05) is 18.0 Å². The molecule has 0 aliphatic heterocycles. The van der Waals surface area contributed by atoms with Crippen LogP contribution < -0.4 is 10.2 Å². The average molecular weight is 283 g/mol. The smallest absolute Gasteiger partial charge is 0.244 e. The number of ether oxygens (including phenoxy) is 1. The Bertz CT molecular complexity index is 622. The van der Waals surface area contributed by atoms with Gasteiger partial charge < -0.3 is 4.74 Å². The van der Waals surface area contributed by atoms with Crippen molar-refractivity contribution in [3.8, 4) is 5.75 Å². The van der Waals surface area contributed by atoms with Crippen LogP contribution in [0.4, 0.5) is 0 Å². The summed E-state index contributed by atoms with van der Waals surface area (Å²) in [6.45, 7) is 1.82. The number of nitrogens with one attached hydrogen (secondary N) is 1. The number of nitrogens with zero attached hydrogens (tertiary/aromatic N) is 2. The second-order valence-corrected chi connectivity index (χ2v) is 4.50. The first-order valence-electron chi connectivity index (χ1n) is 6.55. The predicted octanol–water partition coefficient (Wildman–Crippen LogP) is 2.17. The molecular formula is C16H17N3O2. The van der Waals surface area contributed by atoms with Crippen molar-refractivity contribution >= 4 is 11.6 Å². The lowest BCUT2D eigenvalue weighted by Crippen LogP contribution is -2.21. The van der Waals surface area contributed by atoms with Gasteiger partial charge in [0.25, 0.3) is 0 Å². The molecular weight excluding hydrogens is 266 g/mol. The van der Waals surface area contributed by atoms with Crippen LogP contribution in [0.2, 0.25) is 0 Å². The van der Waals surface area contributed by atoms with Crippen LogP contribution in [0.5, 0.6) is 5.75 Å². The van der Waals surface area contributed by atoms with Gasteiger partial charge in [-0.1, -0.05) is 18.2 Å². The average Bonchev–Trinajstić information content (AvgIpc) is 2.54. The lowest BCUT2D eigenvalue weighted by Gasteiger charge is -2.04. The zero-order valence-corrected chi connectivity index (χ0v) is 12.0. The number of carbonyl (C=O) groups is 1. The lowest BCUT2D eigenvalue weighted by molar-refractivity contribution is -0.120. The number of hydrazone groups is 1. The Kier molecular flexibility index (Phi) is 5.04. The molecule has 0 saturated heterocycles. The molecule has 0 aliphatic rings. The Labute approximate surface area is 123 Å². The van der Waals surface area contributed by atoms with Crippen LogP contribution in [0.3, 0.4) is 0 Å². The van der Waals surface area contributed by atoms with Crippen LogP contribution in [0.25, 0.3) is 0 Å². The van der Waals surface area contributed by atoms with Crippen molar-refractivity contribution in [1.82, 2.24) is 10.4 Å². The lowest BCUT2D eigenvalue weighted by atomic mass is 10.1. The van der Waals surface area contributed by atoms with Gasteiger partial charge in [0.1, 0.15) is 5.75 Å². The van der Waals surface area contributed by atoms with E-state index in [1.54, 1.807) is 19.5 Å². The first kappa shape index (κ1) is 14.7. The molecule has 5 nitrogen and oxygen atoms in total. The third-order valence-corrected chi connectivity index (χ3v) is 2.95. The van der Waals surface area contributed by atoms with Crippen LogP contribution in [-0.4, -0.2) is 23.7 Å². The molecule has 1 heterocycles. The summed E-state index contributed by atoms with van der Waals surface area (Å²) < 4.78 is 5.07. The van der Waals surface area contributed by atoms with Gasteiger partial charge in [0.2, 0.25) is 5.91 Å². The van der Waals surface area contributed by atoms with E-state index in [-0.39, 0.29) is 12.3 Å². The number of carbonyl (C=O) groups excluding carboxylic acids is 1. The quantitative estimate of drug-likeness (QED) is 0.675. The maximum Gasteiger partial charge on any atom is 0.244 e. The third kappa shape index (κ3) is 4.42. The molecule has 0 radical (unpaired) electrons. The number of hydrogen-bond acceptors (Lipinski definition) is 4. The van der Waals surface area contributed by atoms with Gasteiger partial charge in [-0.15, -0.1) is 0 Å². The summed E-state index contributed by atoms with van der Waals surface area (Å²) in [5.41, 5.74) is 5.04. The highest BCUT2D eigenvalue weighted by Gasteiger charge is 2.03. The molecule has 0 unspecified atom stereocenters. The van der Waals surface area contributed by atoms with E-state index in [0.717, 1.165) is 16.9 Å². The molecule has 0 aliphatic carbocycles. The van der Waals surface area contributed by atoms with Gasteiger partial charge in [-0.3, -0.25) is 9.78 Å². The Morgan fingerprint density at radius 3 is 2.67 bits per heavy atom. The van der Waals surface area contributed by atoms with Crippen LogP contribution in [0.1, 0.15) is 18.1 Å². The van der Waals surface area contributed by atoms with Gasteiger partial charge in [-0.2, -0.15) is 5.10 Å². The van der Waals surface area contributed by atoms with E-state index in [4.69, 9.17) is 4.74 Å². The minimum atomic E-state index is -0.164. The van der Waals surface area contributed by atoms with Gasteiger partial charge in [-0.05, 0) is 30.7 Å². The fraction of sp³-hybridized carbons (Fsp3) is 0.188. The summed E-state index contributed by atoms with van der Waals surface area (Å²) in [5.74, 6) is 0.605. The summed E-state index contributed by atoms with van der Waals surface area (Å²) >= 11 is 0. The van der Waals surface area contributed by atoms with E-state index in [1.165, 1.54) is 0 Å². The molecule has 1 aromatic heterocycles. The second kappa shape index (κ2) is 7.19. The second-order valence-electron chi connectivity index (χ2n) is 4.50. The van der Waals surface area contributed by atoms with E-state index in [2.05, 4.69) is 15.5 Å². The zero-order chi connectivity index (χ0) is 15.1. The highest BCUT2D eigenvalue weighted by atomic mass is 16.5. The largest absolute Gasteiger partial charge is 0.497 e. The van der Waals surface area contributed by atoms with Gasteiger partial charge in [0.15, 0.2) is 0 Å². The zero-order valence-electron chi connectivity index (χ0n) is 12.0. The van der Waals surface area contributed by atoms with E-state index in [1.807, 2.05) is 43.3 Å². The molecule has 1 aromatic carbocycles.